The van der Waals surface area contributed by atoms with Crippen LogP contribution in [0.25, 0.3) is 0 Å². The van der Waals surface area contributed by atoms with E-state index in [9.17, 15) is 4.79 Å². The zero-order valence-electron chi connectivity index (χ0n) is 7.16. The van der Waals surface area contributed by atoms with Crippen molar-refractivity contribution in [3.05, 3.63) is 30.3 Å². The highest BCUT2D eigenvalue weighted by Crippen LogP contribution is 1.95. The number of para-hydroxylation sites is 1. The summed E-state index contributed by atoms with van der Waals surface area (Å²) in [5.74, 6) is -0.245. The number of hydrogen-bond donors (Lipinski definition) is 2. The van der Waals surface area contributed by atoms with Gasteiger partial charge in [-0.3, -0.25) is 4.79 Å². The third-order valence-electron chi connectivity index (χ3n) is 1.15. The van der Waals surface area contributed by atoms with Gasteiger partial charge in [0, 0.05) is 12.1 Å². The van der Waals surface area contributed by atoms with Crippen molar-refractivity contribution >= 4 is 11.6 Å². The van der Waals surface area contributed by atoms with Crippen LogP contribution in [-0.2, 0) is 4.79 Å². The third kappa shape index (κ3) is 6.61. The van der Waals surface area contributed by atoms with Crippen molar-refractivity contribution in [2.45, 2.75) is 13.3 Å². The Kier molecular flexibility index (Phi) is 5.43. The van der Waals surface area contributed by atoms with Gasteiger partial charge < -0.3 is 11.5 Å². The highest BCUT2D eigenvalue weighted by atomic mass is 16.1. The number of hydrogen-bond acceptors (Lipinski definition) is 2. The maximum atomic E-state index is 9.59. The average Bonchev–Trinajstić information content (AvgIpc) is 2.07. The molecule has 1 aromatic rings. The van der Waals surface area contributed by atoms with Crippen LogP contribution in [0.5, 0.6) is 0 Å². The third-order valence-corrected chi connectivity index (χ3v) is 1.15. The second-order valence-electron chi connectivity index (χ2n) is 2.23. The van der Waals surface area contributed by atoms with Crippen molar-refractivity contribution in [3.8, 4) is 0 Å². The van der Waals surface area contributed by atoms with Crippen molar-refractivity contribution in [3.63, 3.8) is 0 Å². The van der Waals surface area contributed by atoms with Gasteiger partial charge in [0.25, 0.3) is 0 Å². The molecule has 0 aromatic heterocycles. The largest absolute Gasteiger partial charge is 0.399 e. The molecule has 4 N–H and O–H groups in total. The zero-order valence-corrected chi connectivity index (χ0v) is 7.16. The Hall–Kier alpha value is -1.51. The van der Waals surface area contributed by atoms with Gasteiger partial charge in [0.2, 0.25) is 5.91 Å². The summed E-state index contributed by atoms with van der Waals surface area (Å²) in [4.78, 5) is 9.59. The second kappa shape index (κ2) is 6.22. The Morgan fingerprint density at radius 2 is 1.75 bits per heavy atom. The SMILES string of the molecule is CCC(N)=O.Nc1ccccc1. The maximum absolute atomic E-state index is 9.59. The quantitative estimate of drug-likeness (QED) is 0.614. The predicted octanol–water partition coefficient (Wildman–Crippen LogP) is 1.15. The van der Waals surface area contributed by atoms with E-state index in [-0.39, 0.29) is 5.91 Å². The summed E-state index contributed by atoms with van der Waals surface area (Å²) in [6.07, 6.45) is 0.444. The molecule has 1 rings (SSSR count). The summed E-state index contributed by atoms with van der Waals surface area (Å²) in [6.45, 7) is 1.72. The molecular formula is C9H14N2O. The normalized spacial score (nSPS) is 8.08. The highest BCUT2D eigenvalue weighted by molar-refractivity contribution is 5.73. The highest BCUT2D eigenvalue weighted by Gasteiger charge is 1.77. The van der Waals surface area contributed by atoms with Gasteiger partial charge >= 0.3 is 0 Å². The molecule has 0 aliphatic rings. The summed E-state index contributed by atoms with van der Waals surface area (Å²) < 4.78 is 0. The minimum Gasteiger partial charge on any atom is -0.399 e. The lowest BCUT2D eigenvalue weighted by atomic mass is 10.3. The van der Waals surface area contributed by atoms with Gasteiger partial charge in [-0.15, -0.1) is 0 Å². The van der Waals surface area contributed by atoms with E-state index >= 15 is 0 Å². The number of benzene rings is 1. The van der Waals surface area contributed by atoms with Crippen molar-refractivity contribution in [1.29, 1.82) is 0 Å². The van der Waals surface area contributed by atoms with Crippen molar-refractivity contribution in [2.75, 3.05) is 5.73 Å². The van der Waals surface area contributed by atoms with Crippen molar-refractivity contribution in [2.24, 2.45) is 5.73 Å². The van der Waals surface area contributed by atoms with Gasteiger partial charge in [0.05, 0.1) is 0 Å². The Balaban J connectivity index is 0.000000217. The molecule has 0 bridgehead atoms. The number of amides is 1. The number of anilines is 1. The first-order chi connectivity index (χ1) is 5.66. The van der Waals surface area contributed by atoms with Gasteiger partial charge in [0.1, 0.15) is 0 Å². The first-order valence-electron chi connectivity index (χ1n) is 3.75. The Morgan fingerprint density at radius 1 is 1.33 bits per heavy atom. The fourth-order valence-corrected chi connectivity index (χ4v) is 0.453. The second-order valence-corrected chi connectivity index (χ2v) is 2.23. The predicted molar refractivity (Wildman–Crippen MR) is 50.3 cm³/mol. The summed E-state index contributed by atoms with van der Waals surface area (Å²) in [6, 6.07) is 9.49. The van der Waals surface area contributed by atoms with Crippen LogP contribution in [0.3, 0.4) is 0 Å². The number of nitrogen functional groups attached to an aromatic ring is 1. The molecule has 0 saturated carbocycles. The van der Waals surface area contributed by atoms with E-state index in [2.05, 4.69) is 5.73 Å². The molecule has 66 valence electrons. The molecule has 1 aromatic carbocycles. The number of rotatable bonds is 1. The molecule has 3 heteroatoms. The average molecular weight is 166 g/mol. The topological polar surface area (TPSA) is 69.1 Å². The molecule has 1 amide bonds. The fraction of sp³-hybridized carbons (Fsp3) is 0.222. The standard InChI is InChI=1S/C6H7N.C3H7NO/c7-6-4-2-1-3-5-6;1-2-3(4)5/h1-5H,7H2;2H2,1H3,(H2,4,5). The number of carbonyl (C=O) groups excluding carboxylic acids is 1. The smallest absolute Gasteiger partial charge is 0.217 e. The molecule has 0 fully saturated rings. The summed E-state index contributed by atoms with van der Waals surface area (Å²) in [7, 11) is 0. The van der Waals surface area contributed by atoms with Crippen molar-refractivity contribution in [1.82, 2.24) is 0 Å². The summed E-state index contributed by atoms with van der Waals surface area (Å²) in [5.41, 5.74) is 10.8. The van der Waals surface area contributed by atoms with Gasteiger partial charge in [-0.2, -0.15) is 0 Å². The van der Waals surface area contributed by atoms with Gasteiger partial charge in [0.15, 0.2) is 0 Å². The lowest BCUT2D eigenvalue weighted by molar-refractivity contribution is -0.117. The first kappa shape index (κ1) is 10.5. The Labute approximate surface area is 72.4 Å². The van der Waals surface area contributed by atoms with Gasteiger partial charge in [-0.25, -0.2) is 0 Å². The van der Waals surface area contributed by atoms with E-state index in [1.165, 1.54) is 0 Å². The molecule has 0 radical (unpaired) electrons. The summed E-state index contributed by atoms with van der Waals surface area (Å²) in [5, 5.41) is 0. The van der Waals surface area contributed by atoms with Crippen LogP contribution >= 0.6 is 0 Å². The lowest BCUT2D eigenvalue weighted by Gasteiger charge is -1.83. The van der Waals surface area contributed by atoms with Crippen LogP contribution in [-0.4, -0.2) is 5.91 Å². The molecule has 0 aliphatic heterocycles. The van der Waals surface area contributed by atoms with Crippen molar-refractivity contribution < 1.29 is 4.79 Å². The Bertz CT molecular complexity index is 221. The van der Waals surface area contributed by atoms with Crippen LogP contribution in [0.4, 0.5) is 5.69 Å². The molecule has 12 heavy (non-hydrogen) atoms. The van der Waals surface area contributed by atoms with E-state index in [4.69, 9.17) is 5.73 Å². The molecule has 0 saturated heterocycles. The number of primary amides is 1. The molecule has 0 heterocycles. The van der Waals surface area contributed by atoms with Gasteiger partial charge in [-0.05, 0) is 12.1 Å². The van der Waals surface area contributed by atoms with E-state index < -0.39 is 0 Å². The number of carbonyl (C=O) groups is 1. The summed E-state index contributed by atoms with van der Waals surface area (Å²) >= 11 is 0. The number of nitrogens with two attached hydrogens (primary N) is 2. The van der Waals surface area contributed by atoms with Crippen LogP contribution in [0.1, 0.15) is 13.3 Å². The van der Waals surface area contributed by atoms with Gasteiger partial charge in [-0.1, -0.05) is 25.1 Å². The van der Waals surface area contributed by atoms with Crippen LogP contribution in [0, 0.1) is 0 Å². The van der Waals surface area contributed by atoms with Crippen LogP contribution in [0.15, 0.2) is 30.3 Å². The molecule has 0 unspecified atom stereocenters. The monoisotopic (exact) mass is 166 g/mol. The van der Waals surface area contributed by atoms with Crippen LogP contribution in [0.2, 0.25) is 0 Å². The molecule has 3 nitrogen and oxygen atoms in total. The Morgan fingerprint density at radius 3 is 1.92 bits per heavy atom. The minimum absolute atomic E-state index is 0.245. The maximum Gasteiger partial charge on any atom is 0.217 e. The lowest BCUT2D eigenvalue weighted by Crippen LogP contribution is -2.06. The van der Waals surface area contributed by atoms with E-state index in [0.717, 1.165) is 5.69 Å². The van der Waals surface area contributed by atoms with E-state index in [1.54, 1.807) is 6.92 Å². The molecule has 0 atom stereocenters. The fourth-order valence-electron chi connectivity index (χ4n) is 0.453. The molecule has 0 spiro atoms. The van der Waals surface area contributed by atoms with E-state index in [0.29, 0.717) is 6.42 Å². The first-order valence-corrected chi connectivity index (χ1v) is 3.75. The molecule has 0 aliphatic carbocycles. The molecular weight excluding hydrogens is 152 g/mol. The van der Waals surface area contributed by atoms with Crippen LogP contribution < -0.4 is 11.5 Å². The minimum atomic E-state index is -0.245. The van der Waals surface area contributed by atoms with E-state index in [1.807, 2.05) is 30.3 Å². The zero-order chi connectivity index (χ0) is 9.40.